The maximum absolute atomic E-state index is 11.0. The van der Waals surface area contributed by atoms with Gasteiger partial charge in [0.25, 0.3) is 0 Å². The fourth-order valence-corrected chi connectivity index (χ4v) is 1.14. The molecule has 0 aliphatic heterocycles. The molecule has 0 saturated heterocycles. The molecule has 0 unspecified atom stereocenters. The third-order valence-corrected chi connectivity index (χ3v) is 1.90. The molecule has 2 aromatic rings. The Morgan fingerprint density at radius 3 is 2.86 bits per heavy atom. The van der Waals surface area contributed by atoms with Gasteiger partial charge >= 0.3 is 0 Å². The number of hydrogen-bond donors (Lipinski definition) is 0. The van der Waals surface area contributed by atoms with Gasteiger partial charge in [-0.3, -0.25) is 9.78 Å². The second kappa shape index (κ2) is 3.41. The highest BCUT2D eigenvalue weighted by Crippen LogP contribution is 2.06. The van der Waals surface area contributed by atoms with E-state index >= 15 is 0 Å². The van der Waals surface area contributed by atoms with Gasteiger partial charge in [-0.2, -0.15) is 5.10 Å². The number of Topliss-reactive ketones (excluding diaryl/α,β-unsaturated/α-hetero) is 1. The molecule has 0 saturated carbocycles. The summed E-state index contributed by atoms with van der Waals surface area (Å²) in [6.07, 6.45) is 6.63. The minimum absolute atomic E-state index is 0.0140. The van der Waals surface area contributed by atoms with E-state index < -0.39 is 0 Å². The Kier molecular flexibility index (Phi) is 2.10. The molecule has 0 aromatic carbocycles. The Bertz CT molecular complexity index is 447. The zero-order valence-electron chi connectivity index (χ0n) is 7.71. The average molecular weight is 187 g/mol. The van der Waals surface area contributed by atoms with Gasteiger partial charge in [0.2, 0.25) is 0 Å². The third-order valence-electron chi connectivity index (χ3n) is 1.90. The number of ketones is 1. The molecule has 2 heterocycles. The van der Waals surface area contributed by atoms with Crippen LogP contribution in [0.25, 0.3) is 5.69 Å². The first-order chi connectivity index (χ1) is 6.77. The summed E-state index contributed by atoms with van der Waals surface area (Å²) in [5, 5.41) is 4.06. The van der Waals surface area contributed by atoms with E-state index in [2.05, 4.69) is 10.1 Å². The lowest BCUT2D eigenvalue weighted by Crippen LogP contribution is -1.94. The van der Waals surface area contributed by atoms with E-state index in [0.717, 1.165) is 5.69 Å². The lowest BCUT2D eigenvalue weighted by Gasteiger charge is -1.97. The van der Waals surface area contributed by atoms with Crippen LogP contribution in [0, 0.1) is 0 Å². The van der Waals surface area contributed by atoms with Crippen molar-refractivity contribution in [3.63, 3.8) is 0 Å². The van der Waals surface area contributed by atoms with Crippen molar-refractivity contribution in [3.05, 3.63) is 42.5 Å². The molecule has 0 fully saturated rings. The second-order valence-corrected chi connectivity index (χ2v) is 2.94. The summed E-state index contributed by atoms with van der Waals surface area (Å²) >= 11 is 0. The SMILES string of the molecule is CC(=O)c1cnn(-c2cccnc2)c1. The molecule has 0 atom stereocenters. The summed E-state index contributed by atoms with van der Waals surface area (Å²) in [7, 11) is 0. The smallest absolute Gasteiger partial charge is 0.162 e. The van der Waals surface area contributed by atoms with E-state index in [9.17, 15) is 4.79 Å². The fraction of sp³-hybridized carbons (Fsp3) is 0.100. The Hall–Kier alpha value is -1.97. The highest BCUT2D eigenvalue weighted by Gasteiger charge is 2.03. The van der Waals surface area contributed by atoms with Crippen LogP contribution in [0.15, 0.2) is 36.9 Å². The maximum Gasteiger partial charge on any atom is 0.162 e. The first-order valence-corrected chi connectivity index (χ1v) is 4.23. The molecule has 4 nitrogen and oxygen atoms in total. The quantitative estimate of drug-likeness (QED) is 0.669. The summed E-state index contributed by atoms with van der Waals surface area (Å²) in [6, 6.07) is 3.70. The van der Waals surface area contributed by atoms with Crippen LogP contribution in [-0.2, 0) is 0 Å². The zero-order valence-corrected chi connectivity index (χ0v) is 7.71. The van der Waals surface area contributed by atoms with E-state index in [-0.39, 0.29) is 5.78 Å². The molecule has 0 N–H and O–H groups in total. The summed E-state index contributed by atoms with van der Waals surface area (Å²) < 4.78 is 1.63. The predicted octanol–water partition coefficient (Wildman–Crippen LogP) is 1.47. The molecule has 14 heavy (non-hydrogen) atoms. The molecule has 2 aromatic heterocycles. The number of pyridine rings is 1. The van der Waals surface area contributed by atoms with Crippen molar-refractivity contribution in [3.8, 4) is 5.69 Å². The number of nitrogens with zero attached hydrogens (tertiary/aromatic N) is 3. The largest absolute Gasteiger partial charge is 0.294 e. The molecule has 0 spiro atoms. The topological polar surface area (TPSA) is 47.8 Å². The maximum atomic E-state index is 11.0. The van der Waals surface area contributed by atoms with Gasteiger partial charge in [-0.15, -0.1) is 0 Å². The Balaban J connectivity index is 2.39. The molecule has 0 bridgehead atoms. The number of carbonyl (C=O) groups is 1. The molecule has 0 radical (unpaired) electrons. The number of rotatable bonds is 2. The van der Waals surface area contributed by atoms with Crippen LogP contribution < -0.4 is 0 Å². The van der Waals surface area contributed by atoms with E-state index in [1.54, 1.807) is 29.5 Å². The molecule has 70 valence electrons. The van der Waals surface area contributed by atoms with Gasteiger partial charge in [-0.05, 0) is 19.1 Å². The van der Waals surface area contributed by atoms with Gasteiger partial charge < -0.3 is 0 Å². The number of aromatic nitrogens is 3. The van der Waals surface area contributed by atoms with Gasteiger partial charge in [-0.1, -0.05) is 0 Å². The van der Waals surface area contributed by atoms with Crippen LogP contribution in [-0.4, -0.2) is 20.5 Å². The molecule has 0 aliphatic rings. The van der Waals surface area contributed by atoms with Crippen LogP contribution in [0.4, 0.5) is 0 Å². The van der Waals surface area contributed by atoms with Crippen LogP contribution in [0.1, 0.15) is 17.3 Å². The number of hydrogen-bond acceptors (Lipinski definition) is 3. The molecule has 0 amide bonds. The highest BCUT2D eigenvalue weighted by atomic mass is 16.1. The van der Waals surface area contributed by atoms with Gasteiger partial charge in [-0.25, -0.2) is 4.68 Å². The molecule has 0 aliphatic carbocycles. The second-order valence-electron chi connectivity index (χ2n) is 2.94. The average Bonchev–Trinajstić information content (AvgIpc) is 2.68. The van der Waals surface area contributed by atoms with Crippen molar-refractivity contribution in [2.45, 2.75) is 6.92 Å². The Morgan fingerprint density at radius 2 is 2.29 bits per heavy atom. The van der Waals surface area contributed by atoms with Crippen molar-refractivity contribution < 1.29 is 4.79 Å². The van der Waals surface area contributed by atoms with Gasteiger partial charge in [0.05, 0.1) is 23.6 Å². The number of carbonyl (C=O) groups excluding carboxylic acids is 1. The monoisotopic (exact) mass is 187 g/mol. The van der Waals surface area contributed by atoms with Crippen molar-refractivity contribution in [1.82, 2.24) is 14.8 Å². The zero-order chi connectivity index (χ0) is 9.97. The lowest BCUT2D eigenvalue weighted by molar-refractivity contribution is 0.101. The van der Waals surface area contributed by atoms with E-state index in [1.165, 1.54) is 6.92 Å². The van der Waals surface area contributed by atoms with Crippen LogP contribution in [0.3, 0.4) is 0 Å². The van der Waals surface area contributed by atoms with Crippen LogP contribution in [0.2, 0.25) is 0 Å². The Labute approximate surface area is 81.2 Å². The molecule has 4 heteroatoms. The van der Waals surface area contributed by atoms with Crippen molar-refractivity contribution in [2.75, 3.05) is 0 Å². The molecular weight excluding hydrogens is 178 g/mol. The first kappa shape index (κ1) is 8.62. The van der Waals surface area contributed by atoms with Crippen LogP contribution in [0.5, 0.6) is 0 Å². The first-order valence-electron chi connectivity index (χ1n) is 4.23. The molecular formula is C10H9N3O. The van der Waals surface area contributed by atoms with Crippen molar-refractivity contribution in [2.24, 2.45) is 0 Å². The normalized spacial score (nSPS) is 10.1. The van der Waals surface area contributed by atoms with Crippen molar-refractivity contribution in [1.29, 1.82) is 0 Å². The minimum Gasteiger partial charge on any atom is -0.294 e. The predicted molar refractivity (Wildman–Crippen MR) is 51.4 cm³/mol. The van der Waals surface area contributed by atoms with E-state index in [1.807, 2.05) is 12.1 Å². The van der Waals surface area contributed by atoms with Crippen molar-refractivity contribution >= 4 is 5.78 Å². The Morgan fingerprint density at radius 1 is 1.43 bits per heavy atom. The highest BCUT2D eigenvalue weighted by molar-refractivity contribution is 5.93. The summed E-state index contributed by atoms with van der Waals surface area (Å²) in [6.45, 7) is 1.52. The van der Waals surface area contributed by atoms with E-state index in [0.29, 0.717) is 5.56 Å². The summed E-state index contributed by atoms with van der Waals surface area (Å²) in [5.74, 6) is 0.0140. The van der Waals surface area contributed by atoms with Gasteiger partial charge in [0.1, 0.15) is 0 Å². The van der Waals surface area contributed by atoms with Gasteiger partial charge in [0.15, 0.2) is 5.78 Å². The lowest BCUT2D eigenvalue weighted by atomic mass is 10.3. The summed E-state index contributed by atoms with van der Waals surface area (Å²) in [5.41, 5.74) is 1.45. The molecule has 2 rings (SSSR count). The minimum atomic E-state index is 0.0140. The summed E-state index contributed by atoms with van der Waals surface area (Å²) in [4.78, 5) is 15.0. The third kappa shape index (κ3) is 1.54. The van der Waals surface area contributed by atoms with Crippen LogP contribution >= 0.6 is 0 Å². The standard InChI is InChI=1S/C10H9N3O/c1-8(14)9-5-12-13(7-9)10-3-2-4-11-6-10/h2-7H,1H3. The fourth-order valence-electron chi connectivity index (χ4n) is 1.14. The van der Waals surface area contributed by atoms with Gasteiger partial charge in [0, 0.05) is 12.4 Å². The van der Waals surface area contributed by atoms with E-state index in [4.69, 9.17) is 0 Å².